The molecule has 0 aliphatic heterocycles. The average Bonchev–Trinajstić information content (AvgIpc) is 2.31. The summed E-state index contributed by atoms with van der Waals surface area (Å²) in [7, 11) is 1.03. The van der Waals surface area contributed by atoms with Crippen molar-refractivity contribution in [3.8, 4) is 0 Å². The van der Waals surface area contributed by atoms with E-state index in [0.29, 0.717) is 6.04 Å². The summed E-state index contributed by atoms with van der Waals surface area (Å²) in [4.78, 5) is 0.948. The molecule has 0 saturated heterocycles. The van der Waals surface area contributed by atoms with Gasteiger partial charge in [0.1, 0.15) is 0 Å². The van der Waals surface area contributed by atoms with Gasteiger partial charge in [-0.25, -0.2) is 0 Å². The van der Waals surface area contributed by atoms with Crippen LogP contribution in [-0.4, -0.2) is 22.5 Å². The minimum atomic E-state index is -0.909. The van der Waals surface area contributed by atoms with Crippen molar-refractivity contribution in [1.29, 1.82) is 0 Å². The van der Waals surface area contributed by atoms with Gasteiger partial charge in [0.25, 0.3) is 0 Å². The number of aryl methyl sites for hydroxylation is 2. The first-order chi connectivity index (χ1) is 7.95. The molecule has 1 rings (SSSR count). The Morgan fingerprint density at radius 2 is 1.88 bits per heavy atom. The Morgan fingerprint density at radius 3 is 2.41 bits per heavy atom. The van der Waals surface area contributed by atoms with E-state index in [1.54, 1.807) is 0 Å². The molecule has 2 nitrogen and oxygen atoms in total. The van der Waals surface area contributed by atoms with Gasteiger partial charge in [-0.1, -0.05) is 13.0 Å². The lowest BCUT2D eigenvalue weighted by molar-refractivity contribution is 0.554. The average molecular weight is 253 g/mol. The lowest BCUT2D eigenvalue weighted by atomic mass is 10.1. The maximum absolute atomic E-state index is 12.3. The van der Waals surface area contributed by atoms with E-state index >= 15 is 0 Å². The standard InChI is InChI=1S/C14H23NOS/c1-10-6-7-14(8-11(10)2)17(16)13(4)9-12(3)15-5/h6-8,12-13,15H,9H2,1-5H3. The van der Waals surface area contributed by atoms with Gasteiger partial charge in [-0.2, -0.15) is 0 Å². The topological polar surface area (TPSA) is 29.1 Å². The molecule has 0 saturated carbocycles. The Bertz CT molecular complexity index is 403. The predicted octanol–water partition coefficient (Wildman–Crippen LogP) is 2.80. The molecule has 0 spiro atoms. The van der Waals surface area contributed by atoms with Gasteiger partial charge in [0.2, 0.25) is 0 Å². The van der Waals surface area contributed by atoms with Crippen molar-refractivity contribution < 1.29 is 4.21 Å². The first-order valence-electron chi connectivity index (χ1n) is 6.10. The molecule has 0 aromatic heterocycles. The van der Waals surface area contributed by atoms with Crippen LogP contribution in [0.5, 0.6) is 0 Å². The molecule has 3 heteroatoms. The third-order valence-corrected chi connectivity index (χ3v) is 4.90. The van der Waals surface area contributed by atoms with Crippen LogP contribution < -0.4 is 5.32 Å². The molecule has 96 valence electrons. The number of nitrogens with one attached hydrogen (secondary N) is 1. The highest BCUT2D eigenvalue weighted by Crippen LogP contribution is 2.18. The smallest absolute Gasteiger partial charge is 0.0558 e. The maximum Gasteiger partial charge on any atom is 0.0558 e. The lowest BCUT2D eigenvalue weighted by Crippen LogP contribution is -2.27. The Kier molecular flexibility index (Phi) is 5.34. The quantitative estimate of drug-likeness (QED) is 0.874. The fraction of sp³-hybridized carbons (Fsp3) is 0.571. The van der Waals surface area contributed by atoms with Crippen molar-refractivity contribution >= 4 is 10.8 Å². The predicted molar refractivity (Wildman–Crippen MR) is 74.9 cm³/mol. The Hall–Kier alpha value is -0.670. The largest absolute Gasteiger partial charge is 0.317 e. The molecule has 0 fully saturated rings. The zero-order chi connectivity index (χ0) is 13.0. The number of hydrogen-bond acceptors (Lipinski definition) is 2. The first kappa shape index (κ1) is 14.4. The second-order valence-corrected chi connectivity index (χ2v) is 6.65. The Morgan fingerprint density at radius 1 is 1.24 bits per heavy atom. The highest BCUT2D eigenvalue weighted by Gasteiger charge is 2.16. The first-order valence-corrected chi connectivity index (χ1v) is 7.32. The molecule has 3 atom stereocenters. The molecule has 1 aromatic carbocycles. The van der Waals surface area contributed by atoms with Gasteiger partial charge in [-0.05, 0) is 57.5 Å². The molecule has 0 aliphatic rings. The van der Waals surface area contributed by atoms with Crippen molar-refractivity contribution in [1.82, 2.24) is 5.32 Å². The maximum atomic E-state index is 12.3. The summed E-state index contributed by atoms with van der Waals surface area (Å²) in [5, 5.41) is 3.37. The molecular formula is C14H23NOS. The van der Waals surface area contributed by atoms with E-state index in [-0.39, 0.29) is 5.25 Å². The second-order valence-electron chi connectivity index (χ2n) is 4.78. The van der Waals surface area contributed by atoms with E-state index in [9.17, 15) is 4.21 Å². The number of hydrogen-bond donors (Lipinski definition) is 1. The van der Waals surface area contributed by atoms with Crippen molar-refractivity contribution in [2.24, 2.45) is 0 Å². The molecule has 3 unspecified atom stereocenters. The SMILES string of the molecule is CNC(C)CC(C)S(=O)c1ccc(C)c(C)c1. The third-order valence-electron chi connectivity index (χ3n) is 3.25. The minimum absolute atomic E-state index is 0.180. The molecule has 1 N–H and O–H groups in total. The van der Waals surface area contributed by atoms with E-state index in [0.717, 1.165) is 11.3 Å². The summed E-state index contributed by atoms with van der Waals surface area (Å²) in [5.41, 5.74) is 2.46. The van der Waals surface area contributed by atoms with Crippen molar-refractivity contribution in [2.75, 3.05) is 7.05 Å². The summed E-state index contributed by atoms with van der Waals surface area (Å²) in [5.74, 6) is 0. The zero-order valence-corrected chi connectivity index (χ0v) is 12.2. The Balaban J connectivity index is 2.78. The molecule has 0 amide bonds. The molecule has 0 bridgehead atoms. The van der Waals surface area contributed by atoms with E-state index in [1.165, 1.54) is 11.1 Å². The van der Waals surface area contributed by atoms with Gasteiger partial charge in [0.15, 0.2) is 0 Å². The molecule has 0 heterocycles. The zero-order valence-electron chi connectivity index (χ0n) is 11.4. The van der Waals surface area contributed by atoms with Gasteiger partial charge in [0.05, 0.1) is 10.8 Å². The van der Waals surface area contributed by atoms with E-state index in [4.69, 9.17) is 0 Å². The summed E-state index contributed by atoms with van der Waals surface area (Å²) in [6.45, 7) is 8.32. The molecular weight excluding hydrogens is 230 g/mol. The summed E-state index contributed by atoms with van der Waals surface area (Å²) < 4.78 is 12.3. The van der Waals surface area contributed by atoms with Crippen LogP contribution in [0.4, 0.5) is 0 Å². The van der Waals surface area contributed by atoms with Gasteiger partial charge in [-0.15, -0.1) is 0 Å². The third kappa shape index (κ3) is 3.93. The second kappa shape index (κ2) is 6.31. The van der Waals surface area contributed by atoms with Crippen LogP contribution >= 0.6 is 0 Å². The van der Waals surface area contributed by atoms with Crippen LogP contribution in [0.15, 0.2) is 23.1 Å². The fourth-order valence-electron chi connectivity index (χ4n) is 1.77. The lowest BCUT2D eigenvalue weighted by Gasteiger charge is -2.17. The summed E-state index contributed by atoms with van der Waals surface area (Å²) in [6, 6.07) is 6.49. The molecule has 0 aliphatic carbocycles. The van der Waals surface area contributed by atoms with E-state index in [1.807, 2.05) is 19.2 Å². The number of rotatable bonds is 5. The van der Waals surface area contributed by atoms with Gasteiger partial charge in [-0.3, -0.25) is 4.21 Å². The minimum Gasteiger partial charge on any atom is -0.317 e. The van der Waals surface area contributed by atoms with Crippen LogP contribution in [0.1, 0.15) is 31.4 Å². The van der Waals surface area contributed by atoms with Gasteiger partial charge >= 0.3 is 0 Å². The van der Waals surface area contributed by atoms with E-state index < -0.39 is 10.8 Å². The fourth-order valence-corrected chi connectivity index (χ4v) is 3.20. The van der Waals surface area contributed by atoms with Crippen molar-refractivity contribution in [2.45, 2.75) is 50.3 Å². The van der Waals surface area contributed by atoms with Crippen LogP contribution in [0, 0.1) is 13.8 Å². The monoisotopic (exact) mass is 253 g/mol. The van der Waals surface area contributed by atoms with Crippen molar-refractivity contribution in [3.05, 3.63) is 29.3 Å². The number of benzene rings is 1. The summed E-state index contributed by atoms with van der Waals surface area (Å²) >= 11 is 0. The molecule has 17 heavy (non-hydrogen) atoms. The highest BCUT2D eigenvalue weighted by atomic mass is 32.2. The van der Waals surface area contributed by atoms with Gasteiger partial charge < -0.3 is 5.32 Å². The Labute approximate surface area is 107 Å². The molecule has 1 aromatic rings. The van der Waals surface area contributed by atoms with Crippen LogP contribution in [0.25, 0.3) is 0 Å². The molecule has 0 radical (unpaired) electrons. The highest BCUT2D eigenvalue weighted by molar-refractivity contribution is 7.85. The van der Waals surface area contributed by atoms with Crippen molar-refractivity contribution in [3.63, 3.8) is 0 Å². The van der Waals surface area contributed by atoms with Crippen LogP contribution in [0.2, 0.25) is 0 Å². The van der Waals surface area contributed by atoms with Crippen LogP contribution in [0.3, 0.4) is 0 Å². The normalized spacial score (nSPS) is 16.5. The van der Waals surface area contributed by atoms with Gasteiger partial charge in [0, 0.05) is 16.2 Å². The van der Waals surface area contributed by atoms with E-state index in [2.05, 4.69) is 39.1 Å². The summed E-state index contributed by atoms with van der Waals surface area (Å²) in [6.07, 6.45) is 0.927. The van der Waals surface area contributed by atoms with Crippen LogP contribution in [-0.2, 0) is 10.8 Å².